The molecule has 1 aliphatic carbocycles. The van der Waals surface area contributed by atoms with Gasteiger partial charge in [0.2, 0.25) is 5.91 Å². The molecule has 0 radical (unpaired) electrons. The van der Waals surface area contributed by atoms with Crippen LogP contribution in [-0.2, 0) is 4.79 Å². The fourth-order valence-electron chi connectivity index (χ4n) is 3.17. The van der Waals surface area contributed by atoms with Crippen LogP contribution in [0.4, 0.5) is 0 Å². The lowest BCUT2D eigenvalue weighted by Gasteiger charge is -2.40. The summed E-state index contributed by atoms with van der Waals surface area (Å²) < 4.78 is 0. The van der Waals surface area contributed by atoms with E-state index < -0.39 is 5.54 Å². The van der Waals surface area contributed by atoms with Crippen molar-refractivity contribution in [3.63, 3.8) is 0 Å². The Balaban J connectivity index is 1.94. The van der Waals surface area contributed by atoms with Gasteiger partial charge in [-0.3, -0.25) is 9.69 Å². The third-order valence-corrected chi connectivity index (χ3v) is 4.76. The lowest BCUT2D eigenvalue weighted by molar-refractivity contribution is -0.133. The van der Waals surface area contributed by atoms with E-state index in [1.807, 2.05) is 13.8 Å². The van der Waals surface area contributed by atoms with Crippen LogP contribution in [-0.4, -0.2) is 59.8 Å². The van der Waals surface area contributed by atoms with E-state index in [0.717, 1.165) is 58.3 Å². The van der Waals surface area contributed by atoms with Crippen LogP contribution in [0.2, 0.25) is 0 Å². The van der Waals surface area contributed by atoms with Gasteiger partial charge in [0.25, 0.3) is 0 Å². The van der Waals surface area contributed by atoms with Crippen LogP contribution in [0, 0.1) is 0 Å². The number of hydrogen-bond donors (Lipinski definition) is 3. The van der Waals surface area contributed by atoms with E-state index in [0.29, 0.717) is 0 Å². The third kappa shape index (κ3) is 3.71. The van der Waals surface area contributed by atoms with Crippen molar-refractivity contribution in [3.05, 3.63) is 0 Å². The van der Waals surface area contributed by atoms with Gasteiger partial charge in [0, 0.05) is 26.2 Å². The maximum Gasteiger partial charge on any atom is 0.240 e. The minimum atomic E-state index is -0.506. The quantitative estimate of drug-likeness (QED) is 0.659. The maximum absolute atomic E-state index is 12.6. The molecule has 0 aromatic rings. The number of aliphatic hydroxyl groups excluding tert-OH is 1. The Hall–Kier alpha value is -0.650. The number of carbonyl (C=O) groups is 1. The molecule has 2 aliphatic rings. The predicted molar refractivity (Wildman–Crippen MR) is 79.5 cm³/mol. The number of hydrogen-bond acceptors (Lipinski definition) is 4. The average Bonchev–Trinajstić information content (AvgIpc) is 2.65. The highest BCUT2D eigenvalue weighted by atomic mass is 16.3. The van der Waals surface area contributed by atoms with Gasteiger partial charge in [0.1, 0.15) is 0 Å². The summed E-state index contributed by atoms with van der Waals surface area (Å²) in [5, 5.41) is 16.5. The lowest BCUT2D eigenvalue weighted by Crippen LogP contribution is -2.61. The SMILES string of the molecule is CC(C)(C(=O)NC1CCCCCC1O)N1CCNCC1. The summed E-state index contributed by atoms with van der Waals surface area (Å²) in [5.41, 5.74) is -0.506. The molecule has 0 aromatic heterocycles. The van der Waals surface area contributed by atoms with Gasteiger partial charge in [-0.25, -0.2) is 0 Å². The highest BCUT2D eigenvalue weighted by Crippen LogP contribution is 2.20. The van der Waals surface area contributed by atoms with Gasteiger partial charge in [0.15, 0.2) is 0 Å². The Morgan fingerprint density at radius 2 is 1.85 bits per heavy atom. The van der Waals surface area contributed by atoms with Crippen molar-refractivity contribution in [2.24, 2.45) is 0 Å². The number of nitrogens with zero attached hydrogens (tertiary/aromatic N) is 1. The summed E-state index contributed by atoms with van der Waals surface area (Å²) in [6, 6.07) is -0.0767. The first kappa shape index (κ1) is 15.7. The molecule has 5 heteroatoms. The largest absolute Gasteiger partial charge is 0.391 e. The molecule has 5 nitrogen and oxygen atoms in total. The molecule has 1 saturated carbocycles. The van der Waals surface area contributed by atoms with Gasteiger partial charge in [0.05, 0.1) is 17.7 Å². The van der Waals surface area contributed by atoms with Crippen molar-refractivity contribution in [1.82, 2.24) is 15.5 Å². The van der Waals surface area contributed by atoms with E-state index in [9.17, 15) is 9.90 Å². The monoisotopic (exact) mass is 283 g/mol. The summed E-state index contributed by atoms with van der Waals surface area (Å²) in [6.07, 6.45) is 4.62. The van der Waals surface area contributed by atoms with Crippen molar-refractivity contribution in [3.8, 4) is 0 Å². The zero-order valence-electron chi connectivity index (χ0n) is 12.8. The molecule has 0 aromatic carbocycles. The van der Waals surface area contributed by atoms with E-state index in [2.05, 4.69) is 15.5 Å². The number of carbonyl (C=O) groups excluding carboxylic acids is 1. The Morgan fingerprint density at radius 1 is 1.20 bits per heavy atom. The van der Waals surface area contributed by atoms with E-state index in [1.165, 1.54) is 0 Å². The average molecular weight is 283 g/mol. The number of rotatable bonds is 3. The molecule has 20 heavy (non-hydrogen) atoms. The number of nitrogens with one attached hydrogen (secondary N) is 2. The first-order valence-electron chi connectivity index (χ1n) is 7.96. The lowest BCUT2D eigenvalue weighted by atomic mass is 9.98. The summed E-state index contributed by atoms with van der Waals surface area (Å²) >= 11 is 0. The summed E-state index contributed by atoms with van der Waals surface area (Å²) in [6.45, 7) is 7.63. The molecule has 116 valence electrons. The van der Waals surface area contributed by atoms with Crippen molar-refractivity contribution >= 4 is 5.91 Å². The highest BCUT2D eigenvalue weighted by molar-refractivity contribution is 5.85. The zero-order chi connectivity index (χ0) is 14.6. The second-order valence-corrected chi connectivity index (χ2v) is 6.58. The first-order chi connectivity index (χ1) is 9.51. The Kier molecular flexibility index (Phi) is 5.41. The van der Waals surface area contributed by atoms with Gasteiger partial charge in [-0.1, -0.05) is 19.3 Å². The Bertz CT molecular complexity index is 327. The maximum atomic E-state index is 12.6. The van der Waals surface area contributed by atoms with Crippen molar-refractivity contribution in [2.75, 3.05) is 26.2 Å². The number of amides is 1. The van der Waals surface area contributed by atoms with Gasteiger partial charge < -0.3 is 15.7 Å². The summed E-state index contributed by atoms with van der Waals surface area (Å²) in [5.74, 6) is 0.0466. The highest BCUT2D eigenvalue weighted by Gasteiger charge is 2.37. The molecular weight excluding hydrogens is 254 g/mol. The van der Waals surface area contributed by atoms with Crippen LogP contribution in [0.15, 0.2) is 0 Å². The molecule has 1 aliphatic heterocycles. The molecule has 1 heterocycles. The molecule has 2 unspecified atom stereocenters. The Morgan fingerprint density at radius 3 is 2.55 bits per heavy atom. The number of aliphatic hydroxyl groups is 1. The third-order valence-electron chi connectivity index (χ3n) is 4.76. The summed E-state index contributed by atoms with van der Waals surface area (Å²) in [7, 11) is 0. The Labute approximate surface area is 122 Å². The molecule has 2 fully saturated rings. The minimum absolute atomic E-state index is 0.0466. The van der Waals surface area contributed by atoms with Crippen LogP contribution in [0.1, 0.15) is 46.0 Å². The molecule has 3 N–H and O–H groups in total. The second kappa shape index (κ2) is 6.87. The normalized spacial score (nSPS) is 29.8. The van der Waals surface area contributed by atoms with Crippen LogP contribution in [0.5, 0.6) is 0 Å². The standard InChI is InChI=1S/C15H29N3O2/c1-15(2,18-10-8-16-9-11-18)14(20)17-12-6-4-3-5-7-13(12)19/h12-13,16,19H,3-11H2,1-2H3,(H,17,20). The van der Waals surface area contributed by atoms with Crippen molar-refractivity contribution in [1.29, 1.82) is 0 Å². The molecule has 0 spiro atoms. The van der Waals surface area contributed by atoms with Crippen LogP contribution < -0.4 is 10.6 Å². The van der Waals surface area contributed by atoms with Crippen LogP contribution in [0.25, 0.3) is 0 Å². The summed E-state index contributed by atoms with van der Waals surface area (Å²) in [4.78, 5) is 14.8. The second-order valence-electron chi connectivity index (χ2n) is 6.58. The zero-order valence-corrected chi connectivity index (χ0v) is 12.8. The van der Waals surface area contributed by atoms with Gasteiger partial charge in [-0.15, -0.1) is 0 Å². The number of piperazine rings is 1. The molecule has 1 amide bonds. The topological polar surface area (TPSA) is 64.6 Å². The minimum Gasteiger partial charge on any atom is -0.391 e. The van der Waals surface area contributed by atoms with Gasteiger partial charge >= 0.3 is 0 Å². The molecular formula is C15H29N3O2. The van der Waals surface area contributed by atoms with E-state index in [4.69, 9.17) is 0 Å². The van der Waals surface area contributed by atoms with Crippen LogP contribution in [0.3, 0.4) is 0 Å². The van der Waals surface area contributed by atoms with Crippen molar-refractivity contribution in [2.45, 2.75) is 63.6 Å². The smallest absolute Gasteiger partial charge is 0.240 e. The van der Waals surface area contributed by atoms with E-state index in [1.54, 1.807) is 0 Å². The van der Waals surface area contributed by atoms with Crippen LogP contribution >= 0.6 is 0 Å². The van der Waals surface area contributed by atoms with E-state index >= 15 is 0 Å². The van der Waals surface area contributed by atoms with E-state index in [-0.39, 0.29) is 18.1 Å². The fraction of sp³-hybridized carbons (Fsp3) is 0.933. The molecule has 2 rings (SSSR count). The van der Waals surface area contributed by atoms with Gasteiger partial charge in [-0.2, -0.15) is 0 Å². The molecule has 0 bridgehead atoms. The van der Waals surface area contributed by atoms with Crippen molar-refractivity contribution < 1.29 is 9.90 Å². The fourth-order valence-corrected chi connectivity index (χ4v) is 3.17. The molecule has 1 saturated heterocycles. The molecule has 2 atom stereocenters. The van der Waals surface area contributed by atoms with Gasteiger partial charge in [-0.05, 0) is 26.7 Å². The first-order valence-corrected chi connectivity index (χ1v) is 7.96. The predicted octanol–water partition coefficient (Wildman–Crippen LogP) is 0.480.